The average molecular weight is 290 g/mol. The van der Waals surface area contributed by atoms with E-state index in [1.54, 1.807) is 27.7 Å². The summed E-state index contributed by atoms with van der Waals surface area (Å²) in [6.07, 6.45) is 1.29. The molecule has 0 radical (unpaired) electrons. The highest BCUT2D eigenvalue weighted by Crippen LogP contribution is 2.34. The van der Waals surface area contributed by atoms with E-state index in [0.717, 1.165) is 17.7 Å². The molecule has 1 aliphatic heterocycles. The second-order valence-electron chi connectivity index (χ2n) is 4.43. The molecular weight excluding hydrogens is 276 g/mol. The van der Waals surface area contributed by atoms with Crippen LogP contribution in [0, 0.1) is 0 Å². The van der Waals surface area contributed by atoms with E-state index in [1.165, 1.54) is 5.56 Å². The van der Waals surface area contributed by atoms with E-state index < -0.39 is 0 Å². The van der Waals surface area contributed by atoms with Crippen LogP contribution in [-0.4, -0.2) is 16.6 Å². The van der Waals surface area contributed by atoms with Gasteiger partial charge in [0.1, 0.15) is 0 Å². The molecule has 19 heavy (non-hydrogen) atoms. The molecule has 0 fully saturated rings. The zero-order valence-corrected chi connectivity index (χ0v) is 12.2. The van der Waals surface area contributed by atoms with Crippen LogP contribution in [-0.2, 0) is 4.79 Å². The summed E-state index contributed by atoms with van der Waals surface area (Å²) in [5, 5.41) is 14.5. The van der Waals surface area contributed by atoms with Crippen molar-refractivity contribution in [1.82, 2.24) is 5.01 Å². The van der Waals surface area contributed by atoms with Gasteiger partial charge in [0.25, 0.3) is 0 Å². The van der Waals surface area contributed by atoms with E-state index in [-0.39, 0.29) is 11.9 Å². The highest BCUT2D eigenvalue weighted by Gasteiger charge is 2.32. The maximum Gasteiger partial charge on any atom is 0.242 e. The molecule has 3 heterocycles. The van der Waals surface area contributed by atoms with Gasteiger partial charge in [0.2, 0.25) is 5.91 Å². The number of nitrogens with zero attached hydrogens (tertiary/aromatic N) is 2. The Morgan fingerprint density at radius 3 is 2.79 bits per heavy atom. The third kappa shape index (κ3) is 2.35. The lowest BCUT2D eigenvalue weighted by Gasteiger charge is -2.20. The molecule has 2 aromatic rings. The van der Waals surface area contributed by atoms with Crippen molar-refractivity contribution in [2.75, 3.05) is 0 Å². The van der Waals surface area contributed by atoms with Crippen LogP contribution in [0.3, 0.4) is 0 Å². The summed E-state index contributed by atoms with van der Waals surface area (Å²) < 4.78 is 0. The predicted octanol–water partition coefficient (Wildman–Crippen LogP) is 3.90. The Balaban J connectivity index is 1.93. The maximum absolute atomic E-state index is 12.1. The van der Waals surface area contributed by atoms with Gasteiger partial charge < -0.3 is 0 Å². The van der Waals surface area contributed by atoms with Gasteiger partial charge in [-0.15, -0.1) is 0 Å². The Morgan fingerprint density at radius 1 is 1.37 bits per heavy atom. The third-order valence-corrected chi connectivity index (χ3v) is 4.64. The summed E-state index contributed by atoms with van der Waals surface area (Å²) in [6, 6.07) is 4.21. The molecule has 1 unspecified atom stereocenters. The second kappa shape index (κ2) is 5.27. The number of rotatable bonds is 3. The lowest BCUT2D eigenvalue weighted by Crippen LogP contribution is -2.25. The van der Waals surface area contributed by atoms with Crippen molar-refractivity contribution in [2.45, 2.75) is 25.8 Å². The van der Waals surface area contributed by atoms with Crippen LogP contribution >= 0.6 is 22.7 Å². The SMILES string of the molecule is CCC(=O)N1N=C(c2ccsc2)CC1c1ccsc1. The van der Waals surface area contributed by atoms with E-state index in [4.69, 9.17) is 0 Å². The number of carbonyl (C=O) groups excluding carboxylic acids is 1. The van der Waals surface area contributed by atoms with Crippen molar-refractivity contribution in [2.24, 2.45) is 5.10 Å². The first-order valence-electron chi connectivity index (χ1n) is 6.23. The minimum absolute atomic E-state index is 0.0635. The van der Waals surface area contributed by atoms with Gasteiger partial charge in [-0.3, -0.25) is 4.79 Å². The molecule has 1 aliphatic rings. The van der Waals surface area contributed by atoms with Crippen molar-refractivity contribution < 1.29 is 4.79 Å². The summed E-state index contributed by atoms with van der Waals surface area (Å²) in [7, 11) is 0. The van der Waals surface area contributed by atoms with Crippen molar-refractivity contribution in [3.63, 3.8) is 0 Å². The summed E-state index contributed by atoms with van der Waals surface area (Å²) in [4.78, 5) is 12.1. The Bertz CT molecular complexity index is 587. The van der Waals surface area contributed by atoms with Gasteiger partial charge in [-0.2, -0.15) is 27.8 Å². The summed E-state index contributed by atoms with van der Waals surface area (Å²) >= 11 is 3.32. The van der Waals surface area contributed by atoms with Crippen molar-refractivity contribution in [3.05, 3.63) is 44.8 Å². The summed E-state index contributed by atoms with van der Waals surface area (Å²) in [6.45, 7) is 1.88. The van der Waals surface area contributed by atoms with Crippen LogP contribution in [0.15, 0.2) is 38.8 Å². The minimum atomic E-state index is 0.0635. The van der Waals surface area contributed by atoms with Crippen molar-refractivity contribution in [1.29, 1.82) is 0 Å². The number of hydrogen-bond acceptors (Lipinski definition) is 4. The van der Waals surface area contributed by atoms with Gasteiger partial charge in [-0.05, 0) is 39.2 Å². The van der Waals surface area contributed by atoms with E-state index >= 15 is 0 Å². The van der Waals surface area contributed by atoms with Crippen LogP contribution in [0.4, 0.5) is 0 Å². The first-order valence-corrected chi connectivity index (χ1v) is 8.12. The first kappa shape index (κ1) is 12.6. The number of amides is 1. The molecule has 0 spiro atoms. The Morgan fingerprint density at radius 2 is 2.16 bits per heavy atom. The third-order valence-electron chi connectivity index (χ3n) is 3.25. The first-order chi connectivity index (χ1) is 9.29. The zero-order valence-electron chi connectivity index (χ0n) is 10.6. The molecule has 2 aromatic heterocycles. The van der Waals surface area contributed by atoms with Gasteiger partial charge >= 0.3 is 0 Å². The van der Waals surface area contributed by atoms with Crippen molar-refractivity contribution in [3.8, 4) is 0 Å². The normalized spacial score (nSPS) is 18.7. The fourth-order valence-electron chi connectivity index (χ4n) is 2.23. The largest absolute Gasteiger partial charge is 0.273 e. The number of hydrazone groups is 1. The maximum atomic E-state index is 12.1. The molecule has 98 valence electrons. The summed E-state index contributed by atoms with van der Waals surface area (Å²) in [5.74, 6) is 0.0847. The van der Waals surface area contributed by atoms with E-state index in [9.17, 15) is 4.79 Å². The smallest absolute Gasteiger partial charge is 0.242 e. The minimum Gasteiger partial charge on any atom is -0.273 e. The van der Waals surface area contributed by atoms with E-state index in [2.05, 4.69) is 28.0 Å². The molecule has 0 saturated heterocycles. The van der Waals surface area contributed by atoms with Crippen LogP contribution < -0.4 is 0 Å². The quantitative estimate of drug-likeness (QED) is 0.844. The molecular formula is C14H14N2OS2. The van der Waals surface area contributed by atoms with Gasteiger partial charge in [-0.1, -0.05) is 6.92 Å². The van der Waals surface area contributed by atoms with Crippen LogP contribution in [0.5, 0.6) is 0 Å². The van der Waals surface area contributed by atoms with Gasteiger partial charge in [-0.25, -0.2) is 5.01 Å². The molecule has 1 atom stereocenters. The number of thiophene rings is 2. The van der Waals surface area contributed by atoms with Crippen LogP contribution in [0.1, 0.15) is 36.9 Å². The zero-order chi connectivity index (χ0) is 13.2. The molecule has 0 bridgehead atoms. The Labute approximate surface area is 120 Å². The average Bonchev–Trinajstić information content (AvgIpc) is 3.14. The molecule has 5 heteroatoms. The molecule has 3 nitrogen and oxygen atoms in total. The molecule has 0 aromatic carbocycles. The Hall–Kier alpha value is -1.46. The Kier molecular flexibility index (Phi) is 3.48. The van der Waals surface area contributed by atoms with Crippen molar-refractivity contribution >= 4 is 34.3 Å². The molecule has 3 rings (SSSR count). The van der Waals surface area contributed by atoms with E-state index in [1.807, 2.05) is 17.7 Å². The standard InChI is InChI=1S/C14H14N2OS2/c1-2-14(17)16-13(11-4-6-19-9-11)7-12(15-16)10-3-5-18-8-10/h3-6,8-9,13H,2,7H2,1H3. The molecule has 0 N–H and O–H groups in total. The van der Waals surface area contributed by atoms with Gasteiger partial charge in [0.05, 0.1) is 11.8 Å². The van der Waals surface area contributed by atoms with Gasteiger partial charge in [0.15, 0.2) is 0 Å². The monoisotopic (exact) mass is 290 g/mol. The number of carbonyl (C=O) groups is 1. The second-order valence-corrected chi connectivity index (χ2v) is 5.99. The molecule has 1 amide bonds. The predicted molar refractivity (Wildman–Crippen MR) is 79.7 cm³/mol. The molecule has 0 aliphatic carbocycles. The number of hydrogen-bond donors (Lipinski definition) is 0. The van der Waals surface area contributed by atoms with Crippen LogP contribution in [0.2, 0.25) is 0 Å². The van der Waals surface area contributed by atoms with Crippen LogP contribution in [0.25, 0.3) is 0 Å². The summed E-state index contributed by atoms with van der Waals surface area (Å²) in [5.41, 5.74) is 3.33. The highest BCUT2D eigenvalue weighted by molar-refractivity contribution is 7.08. The highest BCUT2D eigenvalue weighted by atomic mass is 32.1. The fourth-order valence-corrected chi connectivity index (χ4v) is 3.60. The fraction of sp³-hybridized carbons (Fsp3) is 0.286. The van der Waals surface area contributed by atoms with E-state index in [0.29, 0.717) is 6.42 Å². The molecule has 0 saturated carbocycles. The lowest BCUT2D eigenvalue weighted by atomic mass is 10.0. The van der Waals surface area contributed by atoms with Gasteiger partial charge in [0, 0.05) is 18.4 Å². The lowest BCUT2D eigenvalue weighted by molar-refractivity contribution is -0.132. The topological polar surface area (TPSA) is 32.7 Å².